The summed E-state index contributed by atoms with van der Waals surface area (Å²) in [5, 5.41) is 13.6. The predicted molar refractivity (Wildman–Crippen MR) is 79.0 cm³/mol. The molecular weight excluding hydrogens is 234 g/mol. The van der Waals surface area contributed by atoms with E-state index < -0.39 is 0 Å². The Morgan fingerprint density at radius 1 is 1.32 bits per heavy atom. The maximum absolute atomic E-state index is 9.26. The number of rotatable bonds is 4. The maximum Gasteiger partial charge on any atom is 0.144 e. The van der Waals surface area contributed by atoms with Gasteiger partial charge in [0.25, 0.3) is 0 Å². The molecule has 0 spiro atoms. The zero-order chi connectivity index (χ0) is 13.8. The van der Waals surface area contributed by atoms with Crippen LogP contribution < -0.4 is 5.32 Å². The number of fused-ring (bicyclic) bond motifs is 1. The van der Waals surface area contributed by atoms with Crippen molar-refractivity contribution in [2.75, 3.05) is 5.32 Å². The minimum absolute atomic E-state index is 0.297. The van der Waals surface area contributed by atoms with E-state index in [1.165, 1.54) is 0 Å². The third-order valence-electron chi connectivity index (χ3n) is 3.71. The zero-order valence-corrected chi connectivity index (χ0v) is 11.6. The van der Waals surface area contributed by atoms with E-state index in [-0.39, 0.29) is 0 Å². The Labute approximate surface area is 114 Å². The molecule has 0 saturated heterocycles. The summed E-state index contributed by atoms with van der Waals surface area (Å²) in [6.45, 7) is 6.50. The summed E-state index contributed by atoms with van der Waals surface area (Å²) >= 11 is 0. The van der Waals surface area contributed by atoms with E-state index in [0.717, 1.165) is 17.3 Å². The lowest BCUT2D eigenvalue weighted by Crippen LogP contribution is -2.24. The average Bonchev–Trinajstić information content (AvgIpc) is 2.45. The van der Waals surface area contributed by atoms with Gasteiger partial charge in [0.15, 0.2) is 0 Å². The molecule has 0 fully saturated rings. The highest BCUT2D eigenvalue weighted by Crippen LogP contribution is 2.22. The van der Waals surface area contributed by atoms with Crippen molar-refractivity contribution in [3.8, 4) is 6.07 Å². The molecule has 19 heavy (non-hydrogen) atoms. The van der Waals surface area contributed by atoms with Gasteiger partial charge in [0.1, 0.15) is 11.9 Å². The lowest BCUT2D eigenvalue weighted by atomic mass is 10.0. The molecule has 1 N–H and O–H groups in total. The average molecular weight is 253 g/mol. The second kappa shape index (κ2) is 5.71. The molecule has 1 aromatic carbocycles. The number of nitriles is 1. The van der Waals surface area contributed by atoms with Gasteiger partial charge in [-0.05, 0) is 25.0 Å². The van der Waals surface area contributed by atoms with Crippen LogP contribution in [0.1, 0.15) is 32.8 Å². The molecule has 98 valence electrons. The normalized spacial score (nSPS) is 13.8. The first-order chi connectivity index (χ1) is 9.15. The first-order valence-corrected chi connectivity index (χ1v) is 6.72. The van der Waals surface area contributed by atoms with E-state index >= 15 is 0 Å². The van der Waals surface area contributed by atoms with Gasteiger partial charge in [-0.15, -0.1) is 0 Å². The smallest absolute Gasteiger partial charge is 0.144 e. The van der Waals surface area contributed by atoms with Crippen molar-refractivity contribution >= 4 is 16.7 Å². The molecule has 1 aromatic heterocycles. The topological polar surface area (TPSA) is 48.7 Å². The summed E-state index contributed by atoms with van der Waals surface area (Å²) in [5.74, 6) is 1.23. The van der Waals surface area contributed by atoms with Crippen LogP contribution in [0.15, 0.2) is 30.3 Å². The van der Waals surface area contributed by atoms with Crippen LogP contribution in [0.25, 0.3) is 10.9 Å². The van der Waals surface area contributed by atoms with E-state index in [9.17, 15) is 5.26 Å². The number of para-hydroxylation sites is 1. The summed E-state index contributed by atoms with van der Waals surface area (Å²) in [4.78, 5) is 4.57. The molecule has 0 aliphatic heterocycles. The van der Waals surface area contributed by atoms with Crippen molar-refractivity contribution in [2.45, 2.75) is 33.2 Å². The van der Waals surface area contributed by atoms with Crippen molar-refractivity contribution in [1.29, 1.82) is 5.26 Å². The minimum Gasteiger partial charge on any atom is -0.366 e. The van der Waals surface area contributed by atoms with Crippen LogP contribution in [0.3, 0.4) is 0 Å². The standard InChI is InChI=1S/C16H19N3/c1-4-11(2)12(3)18-16-14(10-17)9-13-7-5-6-8-15(13)19-16/h5-9,11-12H,4H2,1-3H3,(H,18,19). The number of hydrogen-bond acceptors (Lipinski definition) is 3. The van der Waals surface area contributed by atoms with E-state index in [0.29, 0.717) is 23.3 Å². The Bertz CT molecular complexity index is 613. The highest BCUT2D eigenvalue weighted by atomic mass is 15.0. The highest BCUT2D eigenvalue weighted by Gasteiger charge is 2.13. The molecule has 2 rings (SSSR count). The van der Waals surface area contributed by atoms with Gasteiger partial charge in [0, 0.05) is 11.4 Å². The van der Waals surface area contributed by atoms with Crippen molar-refractivity contribution in [1.82, 2.24) is 4.98 Å². The molecule has 0 saturated carbocycles. The number of pyridine rings is 1. The van der Waals surface area contributed by atoms with Crippen LogP contribution in [0.2, 0.25) is 0 Å². The second-order valence-corrected chi connectivity index (χ2v) is 5.01. The SMILES string of the molecule is CCC(C)C(C)Nc1nc2ccccc2cc1C#N. The quantitative estimate of drug-likeness (QED) is 0.897. The Balaban J connectivity index is 2.39. The number of benzene rings is 1. The third-order valence-corrected chi connectivity index (χ3v) is 3.71. The summed E-state index contributed by atoms with van der Waals surface area (Å²) < 4.78 is 0. The number of aromatic nitrogens is 1. The molecule has 2 aromatic rings. The first-order valence-electron chi connectivity index (χ1n) is 6.72. The second-order valence-electron chi connectivity index (χ2n) is 5.01. The summed E-state index contributed by atoms with van der Waals surface area (Å²) in [6.07, 6.45) is 1.10. The molecule has 0 aliphatic carbocycles. The van der Waals surface area contributed by atoms with Crippen LogP contribution in [-0.2, 0) is 0 Å². The van der Waals surface area contributed by atoms with Crippen molar-refractivity contribution in [3.63, 3.8) is 0 Å². The molecule has 0 radical (unpaired) electrons. The van der Waals surface area contributed by atoms with Crippen molar-refractivity contribution < 1.29 is 0 Å². The minimum atomic E-state index is 0.297. The Morgan fingerprint density at radius 3 is 2.74 bits per heavy atom. The largest absolute Gasteiger partial charge is 0.366 e. The molecule has 0 bridgehead atoms. The fourth-order valence-electron chi connectivity index (χ4n) is 2.02. The van der Waals surface area contributed by atoms with Gasteiger partial charge in [-0.2, -0.15) is 5.26 Å². The van der Waals surface area contributed by atoms with Crippen molar-refractivity contribution in [3.05, 3.63) is 35.9 Å². The van der Waals surface area contributed by atoms with E-state index in [4.69, 9.17) is 0 Å². The molecule has 0 aliphatic rings. The number of anilines is 1. The Kier molecular flexibility index (Phi) is 4.01. The first kappa shape index (κ1) is 13.4. The summed E-state index contributed by atoms with van der Waals surface area (Å²) in [6, 6.07) is 12.3. The fourth-order valence-corrected chi connectivity index (χ4v) is 2.02. The molecule has 3 heteroatoms. The lowest BCUT2D eigenvalue weighted by molar-refractivity contribution is 0.493. The lowest BCUT2D eigenvalue weighted by Gasteiger charge is -2.21. The van der Waals surface area contributed by atoms with Crippen LogP contribution in [0, 0.1) is 17.2 Å². The Morgan fingerprint density at radius 2 is 2.05 bits per heavy atom. The maximum atomic E-state index is 9.26. The monoisotopic (exact) mass is 253 g/mol. The molecule has 0 amide bonds. The summed E-state index contributed by atoms with van der Waals surface area (Å²) in [7, 11) is 0. The van der Waals surface area contributed by atoms with Crippen LogP contribution in [0.5, 0.6) is 0 Å². The molecule has 2 unspecified atom stereocenters. The van der Waals surface area contributed by atoms with E-state index in [2.05, 4.69) is 37.1 Å². The van der Waals surface area contributed by atoms with Gasteiger partial charge in [-0.1, -0.05) is 38.5 Å². The fraction of sp³-hybridized carbons (Fsp3) is 0.375. The highest BCUT2D eigenvalue weighted by molar-refractivity contribution is 5.82. The van der Waals surface area contributed by atoms with Gasteiger partial charge in [-0.3, -0.25) is 0 Å². The van der Waals surface area contributed by atoms with Gasteiger partial charge >= 0.3 is 0 Å². The summed E-state index contributed by atoms with van der Waals surface area (Å²) in [5.41, 5.74) is 1.52. The predicted octanol–water partition coefficient (Wildman–Crippen LogP) is 3.95. The van der Waals surface area contributed by atoms with Gasteiger partial charge in [0.2, 0.25) is 0 Å². The molecular formula is C16H19N3. The van der Waals surface area contributed by atoms with Crippen molar-refractivity contribution in [2.24, 2.45) is 5.92 Å². The van der Waals surface area contributed by atoms with Crippen LogP contribution >= 0.6 is 0 Å². The number of hydrogen-bond donors (Lipinski definition) is 1. The molecule has 2 atom stereocenters. The molecule has 1 heterocycles. The van der Waals surface area contributed by atoms with E-state index in [1.54, 1.807) is 0 Å². The Hall–Kier alpha value is -2.08. The van der Waals surface area contributed by atoms with Gasteiger partial charge in [-0.25, -0.2) is 4.98 Å². The van der Waals surface area contributed by atoms with Crippen LogP contribution in [-0.4, -0.2) is 11.0 Å². The third kappa shape index (κ3) is 2.85. The zero-order valence-electron chi connectivity index (χ0n) is 11.6. The van der Waals surface area contributed by atoms with E-state index in [1.807, 2.05) is 30.3 Å². The van der Waals surface area contributed by atoms with Gasteiger partial charge in [0.05, 0.1) is 11.1 Å². The van der Waals surface area contributed by atoms with Crippen LogP contribution in [0.4, 0.5) is 5.82 Å². The number of nitrogens with one attached hydrogen (secondary N) is 1. The number of nitrogens with zero attached hydrogens (tertiary/aromatic N) is 2. The van der Waals surface area contributed by atoms with Gasteiger partial charge < -0.3 is 5.32 Å². The molecule has 3 nitrogen and oxygen atoms in total.